The number of hydrogen-bond donors (Lipinski definition) is 1. The maximum atomic E-state index is 12.7. The number of aryl methyl sites for hydroxylation is 1. The Bertz CT molecular complexity index is 461. The van der Waals surface area contributed by atoms with Crippen LogP contribution in [0.25, 0.3) is 5.69 Å². The van der Waals surface area contributed by atoms with Gasteiger partial charge < -0.3 is 5.73 Å². The zero-order valence-corrected chi connectivity index (χ0v) is 8.31. The lowest BCUT2D eigenvalue weighted by Gasteiger charge is -2.04. The summed E-state index contributed by atoms with van der Waals surface area (Å²) in [6.07, 6.45) is 0. The maximum absolute atomic E-state index is 12.7. The van der Waals surface area contributed by atoms with Crippen LogP contribution < -0.4 is 5.73 Å². The largest absolute Gasteiger partial charge is 0.325 e. The minimum atomic E-state index is -0.273. The fourth-order valence-electron chi connectivity index (χ4n) is 1.40. The van der Waals surface area contributed by atoms with Crippen molar-refractivity contribution in [3.05, 3.63) is 41.5 Å². The number of nitrogens with zero attached hydrogens (tertiary/aromatic N) is 3. The second kappa shape index (κ2) is 3.78. The highest BCUT2D eigenvalue weighted by atomic mass is 19.1. The molecule has 0 bridgehead atoms. The molecule has 2 rings (SSSR count). The molecule has 1 aromatic carbocycles. The van der Waals surface area contributed by atoms with Crippen LogP contribution in [0.1, 0.15) is 11.4 Å². The predicted molar refractivity (Wildman–Crippen MR) is 53.9 cm³/mol. The Balaban J connectivity index is 2.49. The van der Waals surface area contributed by atoms with Crippen molar-refractivity contribution in [2.24, 2.45) is 5.73 Å². The lowest BCUT2D eigenvalue weighted by Crippen LogP contribution is -2.07. The van der Waals surface area contributed by atoms with Gasteiger partial charge >= 0.3 is 0 Å². The molecule has 0 aliphatic rings. The summed E-state index contributed by atoms with van der Waals surface area (Å²) in [6, 6.07) is 6.05. The van der Waals surface area contributed by atoms with E-state index in [1.165, 1.54) is 12.1 Å². The van der Waals surface area contributed by atoms with Crippen molar-refractivity contribution >= 4 is 0 Å². The third kappa shape index (κ3) is 1.73. The predicted octanol–water partition coefficient (Wildman–Crippen LogP) is 1.17. The van der Waals surface area contributed by atoms with Gasteiger partial charge in [-0.15, -0.1) is 5.10 Å². The van der Waals surface area contributed by atoms with Crippen molar-refractivity contribution in [3.63, 3.8) is 0 Å². The van der Waals surface area contributed by atoms with Crippen LogP contribution in [0.2, 0.25) is 0 Å². The average molecular weight is 206 g/mol. The Labute approximate surface area is 86.5 Å². The molecule has 1 heterocycles. The molecule has 2 N–H and O–H groups in total. The first-order valence-corrected chi connectivity index (χ1v) is 4.59. The van der Waals surface area contributed by atoms with Crippen LogP contribution >= 0.6 is 0 Å². The van der Waals surface area contributed by atoms with Gasteiger partial charge in [-0.05, 0) is 31.2 Å². The highest BCUT2D eigenvalue weighted by Crippen LogP contribution is 2.12. The van der Waals surface area contributed by atoms with Gasteiger partial charge in [-0.2, -0.15) is 0 Å². The summed E-state index contributed by atoms with van der Waals surface area (Å²) < 4.78 is 14.3. The zero-order chi connectivity index (χ0) is 10.8. The second-order valence-electron chi connectivity index (χ2n) is 3.21. The van der Waals surface area contributed by atoms with Gasteiger partial charge in [0.05, 0.1) is 17.1 Å². The molecule has 0 aliphatic heterocycles. The summed E-state index contributed by atoms with van der Waals surface area (Å²) in [5.41, 5.74) is 7.98. The van der Waals surface area contributed by atoms with E-state index in [0.717, 1.165) is 17.1 Å². The Kier molecular flexibility index (Phi) is 2.47. The summed E-state index contributed by atoms with van der Waals surface area (Å²) in [4.78, 5) is 0. The van der Waals surface area contributed by atoms with E-state index in [-0.39, 0.29) is 5.82 Å². The third-order valence-electron chi connectivity index (χ3n) is 2.22. The summed E-state index contributed by atoms with van der Waals surface area (Å²) >= 11 is 0. The van der Waals surface area contributed by atoms with Crippen molar-refractivity contribution < 1.29 is 4.39 Å². The Morgan fingerprint density at radius 1 is 1.33 bits per heavy atom. The average Bonchev–Trinajstić information content (AvgIpc) is 2.61. The Hall–Kier alpha value is -1.75. The number of rotatable bonds is 2. The van der Waals surface area contributed by atoms with E-state index in [9.17, 15) is 4.39 Å². The Morgan fingerprint density at radius 2 is 2.00 bits per heavy atom. The van der Waals surface area contributed by atoms with Crippen LogP contribution in [-0.2, 0) is 6.54 Å². The van der Waals surface area contributed by atoms with Crippen LogP contribution in [0, 0.1) is 12.7 Å². The molecule has 0 saturated carbocycles. The summed E-state index contributed by atoms with van der Waals surface area (Å²) in [7, 11) is 0. The fraction of sp³-hybridized carbons (Fsp3) is 0.200. The minimum absolute atomic E-state index is 0.273. The molecule has 0 saturated heterocycles. The van der Waals surface area contributed by atoms with Crippen LogP contribution in [0.15, 0.2) is 24.3 Å². The second-order valence-corrected chi connectivity index (χ2v) is 3.21. The molecule has 0 amide bonds. The molecular weight excluding hydrogens is 195 g/mol. The van der Waals surface area contributed by atoms with Crippen molar-refractivity contribution in [1.82, 2.24) is 15.0 Å². The molecule has 0 radical (unpaired) electrons. The summed E-state index contributed by atoms with van der Waals surface area (Å²) in [5, 5.41) is 7.88. The zero-order valence-electron chi connectivity index (χ0n) is 8.31. The van der Waals surface area contributed by atoms with Gasteiger partial charge in [-0.3, -0.25) is 0 Å². The van der Waals surface area contributed by atoms with E-state index in [4.69, 9.17) is 5.73 Å². The molecule has 78 valence electrons. The lowest BCUT2D eigenvalue weighted by molar-refractivity contribution is 0.626. The number of halogens is 1. The van der Waals surface area contributed by atoms with Gasteiger partial charge in [0.1, 0.15) is 5.82 Å². The molecule has 2 aromatic rings. The van der Waals surface area contributed by atoms with Crippen molar-refractivity contribution in [2.75, 3.05) is 0 Å². The highest BCUT2D eigenvalue weighted by Gasteiger charge is 2.08. The SMILES string of the molecule is Cc1nnn(-c2ccc(F)cc2)c1CN. The van der Waals surface area contributed by atoms with E-state index >= 15 is 0 Å². The van der Waals surface area contributed by atoms with Crippen molar-refractivity contribution in [1.29, 1.82) is 0 Å². The summed E-state index contributed by atoms with van der Waals surface area (Å²) in [6.45, 7) is 2.20. The van der Waals surface area contributed by atoms with Crippen molar-refractivity contribution in [2.45, 2.75) is 13.5 Å². The number of aromatic nitrogens is 3. The maximum Gasteiger partial charge on any atom is 0.123 e. The molecule has 0 atom stereocenters. The molecule has 4 nitrogen and oxygen atoms in total. The summed E-state index contributed by atoms with van der Waals surface area (Å²) in [5.74, 6) is -0.273. The van der Waals surface area contributed by atoms with Crippen LogP contribution in [0.3, 0.4) is 0 Å². The normalized spacial score (nSPS) is 10.6. The standard InChI is InChI=1S/C10H11FN4/c1-7-10(6-12)15(14-13-7)9-4-2-8(11)3-5-9/h2-5H,6,12H2,1H3. The lowest BCUT2D eigenvalue weighted by atomic mass is 10.3. The van der Waals surface area contributed by atoms with Gasteiger partial charge in [-0.1, -0.05) is 5.21 Å². The smallest absolute Gasteiger partial charge is 0.123 e. The van der Waals surface area contributed by atoms with Gasteiger partial charge in [0.15, 0.2) is 0 Å². The third-order valence-corrected chi connectivity index (χ3v) is 2.22. The molecule has 0 spiro atoms. The van der Waals surface area contributed by atoms with Gasteiger partial charge in [0.25, 0.3) is 0 Å². The van der Waals surface area contributed by atoms with E-state index in [1.807, 2.05) is 6.92 Å². The quantitative estimate of drug-likeness (QED) is 0.802. The molecule has 0 fully saturated rings. The number of hydrogen-bond acceptors (Lipinski definition) is 3. The molecule has 1 aromatic heterocycles. The fourth-order valence-corrected chi connectivity index (χ4v) is 1.40. The Morgan fingerprint density at radius 3 is 2.60 bits per heavy atom. The molecule has 0 aliphatic carbocycles. The molecule has 15 heavy (non-hydrogen) atoms. The van der Waals surface area contributed by atoms with Gasteiger partial charge in [0.2, 0.25) is 0 Å². The van der Waals surface area contributed by atoms with Gasteiger partial charge in [-0.25, -0.2) is 9.07 Å². The van der Waals surface area contributed by atoms with Crippen LogP contribution in [0.4, 0.5) is 4.39 Å². The highest BCUT2D eigenvalue weighted by molar-refractivity contribution is 5.33. The van der Waals surface area contributed by atoms with Crippen LogP contribution in [-0.4, -0.2) is 15.0 Å². The van der Waals surface area contributed by atoms with E-state index in [2.05, 4.69) is 10.3 Å². The molecular formula is C10H11FN4. The number of benzene rings is 1. The minimum Gasteiger partial charge on any atom is -0.325 e. The molecule has 0 unspecified atom stereocenters. The first-order valence-electron chi connectivity index (χ1n) is 4.59. The first-order chi connectivity index (χ1) is 7.22. The van der Waals surface area contributed by atoms with Gasteiger partial charge in [0, 0.05) is 6.54 Å². The molecule has 5 heteroatoms. The first kappa shape index (κ1) is 9.79. The number of nitrogens with two attached hydrogens (primary N) is 1. The monoisotopic (exact) mass is 206 g/mol. The van der Waals surface area contributed by atoms with E-state index in [1.54, 1.807) is 16.8 Å². The van der Waals surface area contributed by atoms with E-state index in [0.29, 0.717) is 6.54 Å². The topological polar surface area (TPSA) is 56.7 Å². The van der Waals surface area contributed by atoms with Crippen LogP contribution in [0.5, 0.6) is 0 Å². The van der Waals surface area contributed by atoms with Crippen molar-refractivity contribution in [3.8, 4) is 5.69 Å². The van der Waals surface area contributed by atoms with E-state index < -0.39 is 0 Å².